The number of β-lactam (4-membered cyclic amide) rings is 1. The van der Waals surface area contributed by atoms with Gasteiger partial charge in [0.05, 0.1) is 0 Å². The van der Waals surface area contributed by atoms with Crippen LogP contribution in [0.3, 0.4) is 0 Å². The average Bonchev–Trinajstić information content (AvgIpc) is 2.41. The Hall–Kier alpha value is -1.80. The summed E-state index contributed by atoms with van der Waals surface area (Å²) in [5.41, 5.74) is 6.10. The molecule has 1 amide bonds. The first-order chi connectivity index (χ1) is 9.43. The Morgan fingerprint density at radius 2 is 2.30 bits per heavy atom. The topological polar surface area (TPSA) is 110 Å². The van der Waals surface area contributed by atoms with E-state index in [9.17, 15) is 19.5 Å². The van der Waals surface area contributed by atoms with E-state index in [0.29, 0.717) is 11.3 Å². The molecule has 0 spiro atoms. The lowest BCUT2D eigenvalue weighted by Gasteiger charge is -2.47. The van der Waals surface area contributed by atoms with Crippen molar-refractivity contribution in [2.24, 2.45) is 5.73 Å². The lowest BCUT2D eigenvalue weighted by atomic mass is 10.0. The predicted molar refractivity (Wildman–Crippen MR) is 71.5 cm³/mol. The molecule has 0 saturated carbocycles. The molecule has 0 aromatic rings. The third-order valence-corrected chi connectivity index (χ3v) is 4.27. The van der Waals surface area contributed by atoms with Crippen molar-refractivity contribution in [3.63, 3.8) is 0 Å². The van der Waals surface area contributed by atoms with E-state index in [0.717, 1.165) is 0 Å². The molecule has 1 fully saturated rings. The van der Waals surface area contributed by atoms with Crippen molar-refractivity contribution in [1.82, 2.24) is 4.90 Å². The van der Waals surface area contributed by atoms with Crippen LogP contribution in [0.4, 0.5) is 0 Å². The zero-order valence-corrected chi connectivity index (χ0v) is 11.6. The molecule has 0 aromatic heterocycles. The summed E-state index contributed by atoms with van der Waals surface area (Å²) < 4.78 is 4.73. The second-order valence-corrected chi connectivity index (χ2v) is 5.42. The van der Waals surface area contributed by atoms with Crippen molar-refractivity contribution in [3.05, 3.63) is 23.4 Å². The molecule has 1 unspecified atom stereocenters. The molecule has 20 heavy (non-hydrogen) atoms. The number of esters is 1. The first kappa shape index (κ1) is 14.6. The standard InChI is InChI=1S/C12H14N2O5S/c1-6(15)19-4-2-3-7-5-20-11-8(13)10(16)14(11)9(7)12(17)18/h2-3,8,11H,4-5,13H2,1H3,(H,17,18)/b3-2+/t8?,11-/m1/s1. The number of carbonyl (C=O) groups is 3. The minimum Gasteiger partial charge on any atom is -0.477 e. The van der Waals surface area contributed by atoms with Gasteiger partial charge < -0.3 is 15.6 Å². The number of aliphatic carboxylic acids is 1. The Morgan fingerprint density at radius 1 is 1.60 bits per heavy atom. The maximum atomic E-state index is 11.7. The summed E-state index contributed by atoms with van der Waals surface area (Å²) in [4.78, 5) is 34.8. The lowest BCUT2D eigenvalue weighted by molar-refractivity contribution is -0.147. The van der Waals surface area contributed by atoms with Gasteiger partial charge in [-0.2, -0.15) is 0 Å². The SMILES string of the molecule is CC(=O)OC/C=C/C1=C(C(=O)O)N2C(=O)C(N)[C@H]2SC1. The molecule has 2 aliphatic heterocycles. The van der Waals surface area contributed by atoms with Crippen LogP contribution in [0.25, 0.3) is 0 Å². The Bertz CT molecular complexity index is 528. The van der Waals surface area contributed by atoms with E-state index in [2.05, 4.69) is 0 Å². The van der Waals surface area contributed by atoms with Crippen molar-refractivity contribution in [2.45, 2.75) is 18.3 Å². The molecular formula is C12H14N2O5S. The molecule has 0 aliphatic carbocycles. The normalized spacial score (nSPS) is 25.5. The fraction of sp³-hybridized carbons (Fsp3) is 0.417. The summed E-state index contributed by atoms with van der Waals surface area (Å²) in [6, 6.07) is -0.638. The van der Waals surface area contributed by atoms with E-state index in [1.165, 1.54) is 23.6 Å². The Labute approximate surface area is 119 Å². The first-order valence-corrected chi connectivity index (χ1v) is 6.95. The first-order valence-electron chi connectivity index (χ1n) is 5.90. The van der Waals surface area contributed by atoms with E-state index in [1.807, 2.05) is 0 Å². The minimum absolute atomic E-state index is 0.0421. The molecule has 108 valence electrons. The van der Waals surface area contributed by atoms with Gasteiger partial charge in [-0.1, -0.05) is 6.08 Å². The fourth-order valence-corrected chi connectivity index (χ4v) is 3.29. The van der Waals surface area contributed by atoms with Crippen molar-refractivity contribution >= 4 is 29.6 Å². The summed E-state index contributed by atoms with van der Waals surface area (Å²) in [6.45, 7) is 1.35. The van der Waals surface area contributed by atoms with E-state index >= 15 is 0 Å². The van der Waals surface area contributed by atoms with Gasteiger partial charge in [0.15, 0.2) is 0 Å². The van der Waals surface area contributed by atoms with E-state index in [1.54, 1.807) is 12.2 Å². The van der Waals surface area contributed by atoms with Gasteiger partial charge in [0.25, 0.3) is 0 Å². The number of thioether (sulfide) groups is 1. The van der Waals surface area contributed by atoms with Crippen LogP contribution in [0.1, 0.15) is 6.92 Å². The summed E-state index contributed by atoms with van der Waals surface area (Å²) in [7, 11) is 0. The number of allylic oxidation sites excluding steroid dienone is 1. The van der Waals surface area contributed by atoms with Crippen LogP contribution in [0.15, 0.2) is 23.4 Å². The van der Waals surface area contributed by atoms with Gasteiger partial charge in [0.2, 0.25) is 5.91 Å². The molecule has 7 nitrogen and oxygen atoms in total. The number of nitrogens with zero attached hydrogens (tertiary/aromatic N) is 1. The Kier molecular flexibility index (Phi) is 4.15. The van der Waals surface area contributed by atoms with Gasteiger partial charge in [0.1, 0.15) is 23.7 Å². The molecule has 2 aliphatic rings. The van der Waals surface area contributed by atoms with Gasteiger partial charge in [-0.15, -0.1) is 11.8 Å². The minimum atomic E-state index is -1.16. The molecule has 3 N–H and O–H groups in total. The highest BCUT2D eigenvalue weighted by molar-refractivity contribution is 8.00. The molecule has 1 saturated heterocycles. The number of ether oxygens (including phenoxy) is 1. The maximum absolute atomic E-state index is 11.7. The fourth-order valence-electron chi connectivity index (χ4n) is 2.02. The largest absolute Gasteiger partial charge is 0.477 e. The number of carbonyl (C=O) groups excluding carboxylic acids is 2. The summed E-state index contributed by atoms with van der Waals surface area (Å²) in [6.07, 6.45) is 3.11. The Morgan fingerprint density at radius 3 is 2.90 bits per heavy atom. The molecule has 2 rings (SSSR count). The average molecular weight is 298 g/mol. The maximum Gasteiger partial charge on any atom is 0.352 e. The number of nitrogens with two attached hydrogens (primary N) is 1. The van der Waals surface area contributed by atoms with Gasteiger partial charge in [0, 0.05) is 12.7 Å². The summed E-state index contributed by atoms with van der Waals surface area (Å²) in [5.74, 6) is -1.52. The number of rotatable bonds is 4. The van der Waals surface area contributed by atoms with Gasteiger partial charge in [-0.3, -0.25) is 14.5 Å². The van der Waals surface area contributed by atoms with Gasteiger partial charge >= 0.3 is 11.9 Å². The monoisotopic (exact) mass is 298 g/mol. The highest BCUT2D eigenvalue weighted by atomic mass is 32.2. The molecule has 8 heteroatoms. The van der Waals surface area contributed by atoms with Crippen LogP contribution < -0.4 is 5.73 Å². The number of hydrogen-bond acceptors (Lipinski definition) is 6. The number of fused-ring (bicyclic) bond motifs is 1. The van der Waals surface area contributed by atoms with Crippen molar-refractivity contribution in [1.29, 1.82) is 0 Å². The number of hydrogen-bond donors (Lipinski definition) is 2. The van der Waals surface area contributed by atoms with Gasteiger partial charge in [-0.25, -0.2) is 4.79 Å². The summed E-state index contributed by atoms with van der Waals surface area (Å²) in [5, 5.41) is 8.95. The second-order valence-electron chi connectivity index (χ2n) is 4.32. The molecule has 2 atom stereocenters. The second kappa shape index (κ2) is 5.68. The van der Waals surface area contributed by atoms with Crippen LogP contribution in [-0.4, -0.2) is 51.6 Å². The zero-order chi connectivity index (χ0) is 14.9. The van der Waals surface area contributed by atoms with E-state index < -0.39 is 18.0 Å². The highest BCUT2D eigenvalue weighted by Crippen LogP contribution is 2.39. The molecule has 0 aromatic carbocycles. The van der Waals surface area contributed by atoms with Crippen LogP contribution in [0.5, 0.6) is 0 Å². The summed E-state index contributed by atoms with van der Waals surface area (Å²) >= 11 is 1.42. The van der Waals surface area contributed by atoms with Crippen molar-refractivity contribution in [3.8, 4) is 0 Å². The number of carboxylic acids is 1. The Balaban J connectivity index is 2.18. The lowest BCUT2D eigenvalue weighted by Crippen LogP contribution is -2.68. The van der Waals surface area contributed by atoms with Crippen LogP contribution in [0.2, 0.25) is 0 Å². The van der Waals surface area contributed by atoms with Gasteiger partial charge in [-0.05, 0) is 11.6 Å². The predicted octanol–water partition coefficient (Wildman–Crippen LogP) is -0.313. The molecule has 0 bridgehead atoms. The van der Waals surface area contributed by atoms with Crippen molar-refractivity contribution in [2.75, 3.05) is 12.4 Å². The smallest absolute Gasteiger partial charge is 0.352 e. The van der Waals surface area contributed by atoms with Crippen LogP contribution >= 0.6 is 11.8 Å². The van der Waals surface area contributed by atoms with Crippen LogP contribution in [0, 0.1) is 0 Å². The molecule has 2 heterocycles. The van der Waals surface area contributed by atoms with E-state index in [4.69, 9.17) is 10.5 Å². The van der Waals surface area contributed by atoms with Crippen LogP contribution in [-0.2, 0) is 19.1 Å². The molecular weight excluding hydrogens is 284 g/mol. The third-order valence-electron chi connectivity index (χ3n) is 2.94. The van der Waals surface area contributed by atoms with Crippen molar-refractivity contribution < 1.29 is 24.2 Å². The third kappa shape index (κ3) is 2.56. The zero-order valence-electron chi connectivity index (χ0n) is 10.7. The number of amides is 1. The quantitative estimate of drug-likeness (QED) is 0.541. The molecule has 0 radical (unpaired) electrons. The number of carboxylic acid groups (broad SMARTS) is 1. The highest BCUT2D eigenvalue weighted by Gasteiger charge is 2.51. The van der Waals surface area contributed by atoms with E-state index in [-0.39, 0.29) is 23.6 Å².